The van der Waals surface area contributed by atoms with Crippen molar-refractivity contribution < 1.29 is 13.7 Å². The number of hydrogen-bond donors (Lipinski definition) is 0. The fraction of sp³-hybridized carbons (Fsp3) is 0.522. The van der Waals surface area contributed by atoms with Gasteiger partial charge < -0.3 is 9.42 Å². The maximum absolute atomic E-state index is 13.4. The second-order valence-electron chi connectivity index (χ2n) is 8.61. The summed E-state index contributed by atoms with van der Waals surface area (Å²) in [5.74, 6) is 0.981. The van der Waals surface area contributed by atoms with E-state index in [1.165, 1.54) is 12.1 Å². The van der Waals surface area contributed by atoms with Crippen molar-refractivity contribution >= 4 is 22.6 Å². The number of benzene rings is 1. The maximum Gasteiger partial charge on any atom is 0.236 e. The van der Waals surface area contributed by atoms with Crippen molar-refractivity contribution in [3.05, 3.63) is 41.6 Å². The minimum Gasteiger partial charge on any atom is -0.356 e. The number of carbonyl (C=O) groups excluding carboxylic acids is 1. The minimum atomic E-state index is -0.303. The van der Waals surface area contributed by atoms with E-state index in [0.29, 0.717) is 11.5 Å². The molecule has 2 aromatic rings. The fourth-order valence-electron chi connectivity index (χ4n) is 4.96. The molecule has 1 unspecified atom stereocenters. The molecule has 5 rings (SSSR count). The standard InChI is InChI=1S/C23H27FN4O2/c1-15-18(23(29)28-10-3-2-4-21(28)25-15)9-13-27-11-7-16(8-12-27)22-19-6-5-17(24)14-20(19)30-26-22/h4-6,14,16,18H,2-3,7-13H2,1H3. The summed E-state index contributed by atoms with van der Waals surface area (Å²) in [5.41, 5.74) is 2.41. The van der Waals surface area contributed by atoms with E-state index in [1.54, 1.807) is 6.07 Å². The molecule has 0 bridgehead atoms. The van der Waals surface area contributed by atoms with Crippen LogP contribution < -0.4 is 0 Å². The average Bonchev–Trinajstić information content (AvgIpc) is 3.17. The smallest absolute Gasteiger partial charge is 0.236 e. The SMILES string of the molecule is CC1=NC2=CCCCN2C(=O)C1CCN1CCC(c2noc3cc(F)ccc23)CC1. The van der Waals surface area contributed by atoms with E-state index in [1.807, 2.05) is 11.8 Å². The largest absolute Gasteiger partial charge is 0.356 e. The van der Waals surface area contributed by atoms with Crippen molar-refractivity contribution in [3.8, 4) is 0 Å². The lowest BCUT2D eigenvalue weighted by molar-refractivity contribution is -0.132. The number of aromatic nitrogens is 1. The number of likely N-dealkylation sites (tertiary alicyclic amines) is 1. The first-order valence-electron chi connectivity index (χ1n) is 10.9. The van der Waals surface area contributed by atoms with Gasteiger partial charge in [0.2, 0.25) is 5.91 Å². The van der Waals surface area contributed by atoms with Crippen LogP contribution in [0.25, 0.3) is 11.0 Å². The summed E-state index contributed by atoms with van der Waals surface area (Å²) in [6.07, 6.45) is 6.90. The lowest BCUT2D eigenvalue weighted by Crippen LogP contribution is -2.45. The quantitative estimate of drug-likeness (QED) is 0.762. The Labute approximate surface area is 175 Å². The molecule has 30 heavy (non-hydrogen) atoms. The van der Waals surface area contributed by atoms with E-state index >= 15 is 0 Å². The van der Waals surface area contributed by atoms with Gasteiger partial charge in [-0.2, -0.15) is 0 Å². The number of rotatable bonds is 4. The van der Waals surface area contributed by atoms with Crippen molar-refractivity contribution in [1.82, 2.24) is 15.0 Å². The van der Waals surface area contributed by atoms with Crippen molar-refractivity contribution in [2.75, 3.05) is 26.2 Å². The van der Waals surface area contributed by atoms with Gasteiger partial charge in [0.25, 0.3) is 0 Å². The van der Waals surface area contributed by atoms with Gasteiger partial charge in [-0.3, -0.25) is 9.69 Å². The normalized spacial score (nSPS) is 23.5. The monoisotopic (exact) mass is 410 g/mol. The molecule has 3 aliphatic heterocycles. The third-order valence-electron chi connectivity index (χ3n) is 6.72. The van der Waals surface area contributed by atoms with Gasteiger partial charge in [-0.1, -0.05) is 5.16 Å². The van der Waals surface area contributed by atoms with Crippen molar-refractivity contribution in [2.24, 2.45) is 10.9 Å². The summed E-state index contributed by atoms with van der Waals surface area (Å²) < 4.78 is 18.7. The Balaban J connectivity index is 1.19. The molecule has 1 aromatic heterocycles. The van der Waals surface area contributed by atoms with E-state index in [4.69, 9.17) is 9.52 Å². The zero-order chi connectivity index (χ0) is 20.7. The van der Waals surface area contributed by atoms with Crippen LogP contribution in [-0.4, -0.2) is 52.8 Å². The summed E-state index contributed by atoms with van der Waals surface area (Å²) in [5, 5.41) is 5.15. The highest BCUT2D eigenvalue weighted by molar-refractivity contribution is 6.06. The molecule has 0 aliphatic carbocycles. The van der Waals surface area contributed by atoms with Crippen LogP contribution in [0.1, 0.15) is 50.6 Å². The molecule has 0 N–H and O–H groups in total. The molecule has 6 nitrogen and oxygen atoms in total. The number of carbonyl (C=O) groups is 1. The molecule has 4 heterocycles. The highest BCUT2D eigenvalue weighted by Crippen LogP contribution is 2.33. The maximum atomic E-state index is 13.4. The molecule has 1 aromatic carbocycles. The Morgan fingerprint density at radius 2 is 2.07 bits per heavy atom. The van der Waals surface area contributed by atoms with Gasteiger partial charge in [-0.15, -0.1) is 0 Å². The molecule has 1 saturated heterocycles. The third kappa shape index (κ3) is 3.55. The van der Waals surface area contributed by atoms with Gasteiger partial charge in [-0.05, 0) is 76.9 Å². The van der Waals surface area contributed by atoms with E-state index < -0.39 is 0 Å². The van der Waals surface area contributed by atoms with Gasteiger partial charge in [0.1, 0.15) is 11.6 Å². The van der Waals surface area contributed by atoms with Crippen LogP contribution in [0.3, 0.4) is 0 Å². The molecule has 1 atom stereocenters. The first-order valence-corrected chi connectivity index (χ1v) is 10.9. The summed E-state index contributed by atoms with van der Waals surface area (Å²) >= 11 is 0. The van der Waals surface area contributed by atoms with E-state index in [2.05, 4.69) is 16.1 Å². The highest BCUT2D eigenvalue weighted by Gasteiger charge is 2.34. The van der Waals surface area contributed by atoms with E-state index in [9.17, 15) is 9.18 Å². The fourth-order valence-corrected chi connectivity index (χ4v) is 4.96. The number of piperidine rings is 1. The summed E-state index contributed by atoms with van der Waals surface area (Å²) in [6.45, 7) is 5.60. The minimum absolute atomic E-state index is 0.104. The lowest BCUT2D eigenvalue weighted by atomic mass is 9.90. The predicted molar refractivity (Wildman–Crippen MR) is 113 cm³/mol. The van der Waals surface area contributed by atoms with Gasteiger partial charge in [-0.25, -0.2) is 9.38 Å². The zero-order valence-electron chi connectivity index (χ0n) is 17.3. The van der Waals surface area contributed by atoms with Crippen LogP contribution in [0.4, 0.5) is 4.39 Å². The number of halogens is 1. The molecule has 7 heteroatoms. The van der Waals surface area contributed by atoms with Gasteiger partial charge in [0.05, 0.1) is 11.6 Å². The molecule has 1 fully saturated rings. The molecule has 1 amide bonds. The third-order valence-corrected chi connectivity index (χ3v) is 6.72. The molecule has 0 spiro atoms. The molecular weight excluding hydrogens is 383 g/mol. The average molecular weight is 410 g/mol. The van der Waals surface area contributed by atoms with Gasteiger partial charge >= 0.3 is 0 Å². The lowest BCUT2D eigenvalue weighted by Gasteiger charge is -2.36. The summed E-state index contributed by atoms with van der Waals surface area (Å²) in [4.78, 5) is 21.9. The van der Waals surface area contributed by atoms with Crippen molar-refractivity contribution in [1.29, 1.82) is 0 Å². The second kappa shape index (κ2) is 7.95. The van der Waals surface area contributed by atoms with E-state index in [-0.39, 0.29) is 17.6 Å². The summed E-state index contributed by atoms with van der Waals surface area (Å²) in [7, 11) is 0. The second-order valence-corrected chi connectivity index (χ2v) is 8.61. The predicted octanol–water partition coefficient (Wildman–Crippen LogP) is 4.09. The zero-order valence-corrected chi connectivity index (χ0v) is 17.3. The van der Waals surface area contributed by atoms with Crippen molar-refractivity contribution in [3.63, 3.8) is 0 Å². The van der Waals surface area contributed by atoms with Crippen LogP contribution in [0.2, 0.25) is 0 Å². The number of aliphatic imine (C=N–C) groups is 1. The van der Waals surface area contributed by atoms with Crippen LogP contribution in [0.15, 0.2) is 39.6 Å². The Morgan fingerprint density at radius 1 is 1.23 bits per heavy atom. The Bertz CT molecular complexity index is 1020. The van der Waals surface area contributed by atoms with Crippen LogP contribution in [0, 0.1) is 11.7 Å². The first kappa shape index (κ1) is 19.4. The van der Waals surface area contributed by atoms with Crippen LogP contribution in [-0.2, 0) is 4.79 Å². The highest BCUT2D eigenvalue weighted by atomic mass is 19.1. The van der Waals surface area contributed by atoms with Gasteiger partial charge in [0, 0.05) is 29.6 Å². The number of amides is 1. The number of fused-ring (bicyclic) bond motifs is 2. The molecule has 0 radical (unpaired) electrons. The number of nitrogens with zero attached hydrogens (tertiary/aromatic N) is 4. The van der Waals surface area contributed by atoms with E-state index in [0.717, 1.165) is 80.9 Å². The molecule has 0 saturated carbocycles. The Hall–Kier alpha value is -2.54. The molecular formula is C23H27FN4O2. The number of allylic oxidation sites excluding steroid dienone is 1. The Kier molecular flexibility index (Phi) is 5.15. The number of hydrogen-bond acceptors (Lipinski definition) is 5. The van der Waals surface area contributed by atoms with Crippen LogP contribution in [0.5, 0.6) is 0 Å². The topological polar surface area (TPSA) is 61.9 Å². The van der Waals surface area contributed by atoms with Crippen molar-refractivity contribution in [2.45, 2.75) is 44.9 Å². The molecule has 158 valence electrons. The Morgan fingerprint density at radius 3 is 2.90 bits per heavy atom. The van der Waals surface area contributed by atoms with Gasteiger partial charge in [0.15, 0.2) is 5.58 Å². The molecule has 3 aliphatic rings. The summed E-state index contributed by atoms with van der Waals surface area (Å²) in [6, 6.07) is 4.63. The first-order chi connectivity index (χ1) is 14.6. The van der Waals surface area contributed by atoms with Crippen LogP contribution >= 0.6 is 0 Å².